The van der Waals surface area contributed by atoms with Gasteiger partial charge in [-0.2, -0.15) is 5.10 Å². The highest BCUT2D eigenvalue weighted by atomic mass is 16.2. The van der Waals surface area contributed by atoms with E-state index < -0.39 is 0 Å². The first-order valence-corrected chi connectivity index (χ1v) is 8.10. The molecule has 0 radical (unpaired) electrons. The molecule has 5 heteroatoms. The lowest BCUT2D eigenvalue weighted by Crippen LogP contribution is -2.37. The van der Waals surface area contributed by atoms with Crippen LogP contribution in [0.2, 0.25) is 0 Å². The van der Waals surface area contributed by atoms with Gasteiger partial charge in [0.1, 0.15) is 0 Å². The number of rotatable bonds is 7. The summed E-state index contributed by atoms with van der Waals surface area (Å²) in [4.78, 5) is 14.5. The average Bonchev–Trinajstić information content (AvgIpc) is 2.94. The Bertz CT molecular complexity index is 634. The molecule has 0 saturated heterocycles. The first kappa shape index (κ1) is 17.2. The fourth-order valence-corrected chi connectivity index (χ4v) is 2.67. The molecule has 0 bridgehead atoms. The number of carbonyl (C=O) groups is 1. The van der Waals surface area contributed by atoms with Gasteiger partial charge in [0.05, 0.1) is 0 Å². The molecule has 0 aliphatic rings. The normalized spacial score (nSPS) is 11.0. The average molecular weight is 314 g/mol. The standard InChI is InChI=1S/C18H26N4O/c1-14(2)17-13-16(20-21(17)3)18(23)22(12-10-19)11-9-15-7-5-4-6-8-15/h4-8,13-14H,9-12,19H2,1-3H3. The topological polar surface area (TPSA) is 64.2 Å². The lowest BCUT2D eigenvalue weighted by molar-refractivity contribution is 0.0755. The molecule has 0 aliphatic heterocycles. The first-order chi connectivity index (χ1) is 11.0. The number of hydrogen-bond acceptors (Lipinski definition) is 3. The van der Waals surface area contributed by atoms with E-state index in [1.165, 1.54) is 5.56 Å². The van der Waals surface area contributed by atoms with Crippen LogP contribution < -0.4 is 5.73 Å². The summed E-state index contributed by atoms with van der Waals surface area (Å²) in [5, 5.41) is 4.37. The third-order valence-corrected chi connectivity index (χ3v) is 3.93. The molecule has 0 unspecified atom stereocenters. The maximum absolute atomic E-state index is 12.7. The van der Waals surface area contributed by atoms with Gasteiger partial charge in [-0.15, -0.1) is 0 Å². The second-order valence-corrected chi connectivity index (χ2v) is 6.05. The summed E-state index contributed by atoms with van der Waals surface area (Å²) in [6, 6.07) is 12.0. The quantitative estimate of drug-likeness (QED) is 0.852. The molecule has 0 fully saturated rings. The van der Waals surface area contributed by atoms with Crippen LogP contribution in [-0.4, -0.2) is 40.2 Å². The lowest BCUT2D eigenvalue weighted by atomic mass is 10.1. The van der Waals surface area contributed by atoms with E-state index in [0.29, 0.717) is 31.2 Å². The van der Waals surface area contributed by atoms with Crippen LogP contribution in [-0.2, 0) is 13.5 Å². The minimum absolute atomic E-state index is 0.0473. The Labute approximate surface area is 138 Å². The molecule has 2 N–H and O–H groups in total. The Balaban J connectivity index is 2.10. The molecule has 1 heterocycles. The minimum atomic E-state index is -0.0473. The number of amides is 1. The van der Waals surface area contributed by atoms with E-state index in [0.717, 1.165) is 12.1 Å². The van der Waals surface area contributed by atoms with Gasteiger partial charge in [-0.1, -0.05) is 44.2 Å². The molecule has 5 nitrogen and oxygen atoms in total. The van der Waals surface area contributed by atoms with Gasteiger partial charge in [0, 0.05) is 32.4 Å². The molecule has 124 valence electrons. The lowest BCUT2D eigenvalue weighted by Gasteiger charge is -2.21. The van der Waals surface area contributed by atoms with E-state index in [9.17, 15) is 4.79 Å². The van der Waals surface area contributed by atoms with Crippen LogP contribution in [0, 0.1) is 0 Å². The van der Waals surface area contributed by atoms with Crippen molar-refractivity contribution in [1.29, 1.82) is 0 Å². The molecule has 23 heavy (non-hydrogen) atoms. The molecule has 0 saturated carbocycles. The van der Waals surface area contributed by atoms with Crippen LogP contribution in [0.5, 0.6) is 0 Å². The molecular formula is C18H26N4O. The highest BCUT2D eigenvalue weighted by molar-refractivity contribution is 5.92. The van der Waals surface area contributed by atoms with Crippen molar-refractivity contribution in [2.45, 2.75) is 26.2 Å². The maximum atomic E-state index is 12.7. The van der Waals surface area contributed by atoms with Crippen molar-refractivity contribution < 1.29 is 4.79 Å². The summed E-state index contributed by atoms with van der Waals surface area (Å²) in [5.74, 6) is 0.287. The Morgan fingerprint density at radius 2 is 1.96 bits per heavy atom. The number of hydrogen-bond donors (Lipinski definition) is 1. The summed E-state index contributed by atoms with van der Waals surface area (Å²) in [6.45, 7) is 5.83. The zero-order chi connectivity index (χ0) is 16.8. The summed E-state index contributed by atoms with van der Waals surface area (Å²) in [5.41, 5.74) is 8.45. The maximum Gasteiger partial charge on any atom is 0.274 e. The highest BCUT2D eigenvalue weighted by Crippen LogP contribution is 2.16. The van der Waals surface area contributed by atoms with Crippen LogP contribution >= 0.6 is 0 Å². The van der Waals surface area contributed by atoms with Crippen LogP contribution in [0.1, 0.15) is 41.5 Å². The van der Waals surface area contributed by atoms with Crippen molar-refractivity contribution >= 4 is 5.91 Å². The van der Waals surface area contributed by atoms with Crippen molar-refractivity contribution in [2.75, 3.05) is 19.6 Å². The van der Waals surface area contributed by atoms with Gasteiger partial charge < -0.3 is 10.6 Å². The number of nitrogens with two attached hydrogens (primary N) is 1. The Kier molecular flexibility index (Phi) is 5.93. The Morgan fingerprint density at radius 1 is 1.26 bits per heavy atom. The number of carbonyl (C=O) groups excluding carboxylic acids is 1. The molecule has 1 amide bonds. The predicted molar refractivity (Wildman–Crippen MR) is 92.4 cm³/mol. The van der Waals surface area contributed by atoms with Gasteiger partial charge in [0.2, 0.25) is 0 Å². The SMILES string of the molecule is CC(C)c1cc(C(=O)N(CCN)CCc2ccccc2)nn1C. The number of nitrogens with zero attached hydrogens (tertiary/aromatic N) is 3. The van der Waals surface area contributed by atoms with Gasteiger partial charge in [-0.3, -0.25) is 9.48 Å². The largest absolute Gasteiger partial charge is 0.336 e. The fourth-order valence-electron chi connectivity index (χ4n) is 2.67. The van der Waals surface area contributed by atoms with Crippen LogP contribution in [0.3, 0.4) is 0 Å². The molecular weight excluding hydrogens is 288 g/mol. The summed E-state index contributed by atoms with van der Waals surface area (Å²) >= 11 is 0. The minimum Gasteiger partial charge on any atom is -0.336 e. The predicted octanol–water partition coefficient (Wildman–Crippen LogP) is 2.19. The molecule has 2 rings (SSSR count). The number of aryl methyl sites for hydroxylation is 1. The van der Waals surface area contributed by atoms with Crippen LogP contribution in [0.25, 0.3) is 0 Å². The Morgan fingerprint density at radius 3 is 2.52 bits per heavy atom. The highest BCUT2D eigenvalue weighted by Gasteiger charge is 2.20. The van der Waals surface area contributed by atoms with Gasteiger partial charge in [0.15, 0.2) is 5.69 Å². The second-order valence-electron chi connectivity index (χ2n) is 6.05. The number of benzene rings is 1. The van der Waals surface area contributed by atoms with E-state index in [4.69, 9.17) is 5.73 Å². The summed E-state index contributed by atoms with van der Waals surface area (Å²) < 4.78 is 1.79. The summed E-state index contributed by atoms with van der Waals surface area (Å²) in [7, 11) is 1.88. The molecule has 0 atom stereocenters. The zero-order valence-corrected chi connectivity index (χ0v) is 14.2. The third kappa shape index (κ3) is 4.42. The molecule has 0 spiro atoms. The monoisotopic (exact) mass is 314 g/mol. The van der Waals surface area contributed by atoms with Gasteiger partial charge in [0.25, 0.3) is 5.91 Å². The van der Waals surface area contributed by atoms with Crippen molar-refractivity contribution in [2.24, 2.45) is 12.8 Å². The van der Waals surface area contributed by atoms with Crippen molar-refractivity contribution in [1.82, 2.24) is 14.7 Å². The van der Waals surface area contributed by atoms with Gasteiger partial charge in [-0.05, 0) is 24.0 Å². The molecule has 1 aromatic carbocycles. The van der Waals surface area contributed by atoms with Crippen LogP contribution in [0.4, 0.5) is 0 Å². The zero-order valence-electron chi connectivity index (χ0n) is 14.2. The smallest absolute Gasteiger partial charge is 0.274 e. The first-order valence-electron chi connectivity index (χ1n) is 8.10. The fraction of sp³-hybridized carbons (Fsp3) is 0.444. The van der Waals surface area contributed by atoms with Gasteiger partial charge >= 0.3 is 0 Å². The van der Waals surface area contributed by atoms with E-state index in [-0.39, 0.29) is 5.91 Å². The van der Waals surface area contributed by atoms with E-state index in [1.807, 2.05) is 31.3 Å². The number of aromatic nitrogens is 2. The van der Waals surface area contributed by atoms with Crippen molar-refractivity contribution in [3.05, 3.63) is 53.3 Å². The second kappa shape index (κ2) is 7.92. The van der Waals surface area contributed by atoms with Crippen LogP contribution in [0.15, 0.2) is 36.4 Å². The molecule has 1 aromatic heterocycles. The van der Waals surface area contributed by atoms with E-state index in [2.05, 4.69) is 31.1 Å². The van der Waals surface area contributed by atoms with E-state index in [1.54, 1.807) is 9.58 Å². The molecule has 2 aromatic rings. The van der Waals surface area contributed by atoms with Crippen molar-refractivity contribution in [3.63, 3.8) is 0 Å². The van der Waals surface area contributed by atoms with Gasteiger partial charge in [-0.25, -0.2) is 0 Å². The third-order valence-electron chi connectivity index (χ3n) is 3.93. The van der Waals surface area contributed by atoms with E-state index >= 15 is 0 Å². The van der Waals surface area contributed by atoms with Crippen molar-refractivity contribution in [3.8, 4) is 0 Å². The Hall–Kier alpha value is -2.14. The molecule has 0 aliphatic carbocycles. The summed E-state index contributed by atoms with van der Waals surface area (Å²) in [6.07, 6.45) is 0.816.